The highest BCUT2D eigenvalue weighted by Gasteiger charge is 2.28. The van der Waals surface area contributed by atoms with Crippen LogP contribution < -0.4 is 5.73 Å². The largest absolute Gasteiger partial charge is 0.355 e. The fraction of sp³-hybridized carbons (Fsp3) is 0.438. The molecule has 3 rings (SSSR count). The van der Waals surface area contributed by atoms with Crippen LogP contribution in [0.4, 0.5) is 0 Å². The maximum absolute atomic E-state index is 12.6. The van der Waals surface area contributed by atoms with Crippen LogP contribution in [0, 0.1) is 5.92 Å². The summed E-state index contributed by atoms with van der Waals surface area (Å²) in [5, 5.41) is 3.91. The highest BCUT2D eigenvalue weighted by Crippen LogP contribution is 2.23. The molecule has 2 atom stereocenters. The molecular formula is C16H20N4O2. The standard InChI is InChI=1S/C16H20N4O2/c1-11(17)13-5-3-7-20(10-13)16(21)14-8-15(22-19-14)12-4-2-6-18-9-12/h2,4,6,8-9,11,13H,3,5,7,10,17H2,1H3. The van der Waals surface area contributed by atoms with E-state index in [2.05, 4.69) is 10.1 Å². The van der Waals surface area contributed by atoms with Gasteiger partial charge >= 0.3 is 0 Å². The molecule has 2 aromatic heterocycles. The number of nitrogens with two attached hydrogens (primary N) is 1. The molecule has 1 fully saturated rings. The smallest absolute Gasteiger partial charge is 0.276 e. The van der Waals surface area contributed by atoms with E-state index in [4.69, 9.17) is 10.3 Å². The molecule has 0 aromatic carbocycles. The van der Waals surface area contributed by atoms with Crippen molar-refractivity contribution < 1.29 is 9.32 Å². The Morgan fingerprint density at radius 1 is 1.55 bits per heavy atom. The van der Waals surface area contributed by atoms with E-state index in [0.29, 0.717) is 23.9 Å². The first kappa shape index (κ1) is 14.7. The van der Waals surface area contributed by atoms with Crippen LogP contribution in [0.5, 0.6) is 0 Å². The molecular weight excluding hydrogens is 280 g/mol. The molecule has 3 heterocycles. The lowest BCUT2D eigenvalue weighted by Gasteiger charge is -2.34. The van der Waals surface area contributed by atoms with Crippen LogP contribution in [0.15, 0.2) is 35.1 Å². The molecule has 1 aliphatic heterocycles. The Morgan fingerprint density at radius 2 is 2.41 bits per heavy atom. The minimum atomic E-state index is -0.0933. The Balaban J connectivity index is 1.74. The van der Waals surface area contributed by atoms with Gasteiger partial charge in [0.1, 0.15) is 0 Å². The van der Waals surface area contributed by atoms with Crippen LogP contribution >= 0.6 is 0 Å². The molecule has 0 spiro atoms. The minimum Gasteiger partial charge on any atom is -0.355 e. The van der Waals surface area contributed by atoms with Gasteiger partial charge in [-0.3, -0.25) is 9.78 Å². The number of hydrogen-bond acceptors (Lipinski definition) is 5. The number of piperidine rings is 1. The van der Waals surface area contributed by atoms with Gasteiger partial charge in [-0.05, 0) is 37.8 Å². The molecule has 0 bridgehead atoms. The third-order valence-corrected chi connectivity index (χ3v) is 4.16. The molecule has 6 heteroatoms. The summed E-state index contributed by atoms with van der Waals surface area (Å²) < 4.78 is 5.27. The first-order valence-corrected chi connectivity index (χ1v) is 7.57. The number of aromatic nitrogens is 2. The zero-order valence-corrected chi connectivity index (χ0v) is 12.6. The summed E-state index contributed by atoms with van der Waals surface area (Å²) in [4.78, 5) is 18.4. The lowest BCUT2D eigenvalue weighted by atomic mass is 9.92. The molecule has 0 radical (unpaired) electrons. The Bertz CT molecular complexity index is 639. The van der Waals surface area contributed by atoms with E-state index < -0.39 is 0 Å². The van der Waals surface area contributed by atoms with Crippen LogP contribution in [0.1, 0.15) is 30.3 Å². The third-order valence-electron chi connectivity index (χ3n) is 4.16. The second-order valence-corrected chi connectivity index (χ2v) is 5.83. The van der Waals surface area contributed by atoms with E-state index in [1.165, 1.54) is 0 Å². The van der Waals surface area contributed by atoms with E-state index in [9.17, 15) is 4.79 Å². The van der Waals surface area contributed by atoms with E-state index in [1.54, 1.807) is 18.5 Å². The third kappa shape index (κ3) is 3.01. The fourth-order valence-electron chi connectivity index (χ4n) is 2.81. The normalized spacial score (nSPS) is 19.9. The van der Waals surface area contributed by atoms with Crippen LogP contribution in [0.25, 0.3) is 11.3 Å². The van der Waals surface area contributed by atoms with Crippen molar-refractivity contribution in [3.05, 3.63) is 36.3 Å². The van der Waals surface area contributed by atoms with E-state index in [-0.39, 0.29) is 11.9 Å². The van der Waals surface area contributed by atoms with Gasteiger partial charge < -0.3 is 15.2 Å². The molecule has 2 unspecified atom stereocenters. The van der Waals surface area contributed by atoms with Crippen molar-refractivity contribution in [2.24, 2.45) is 11.7 Å². The maximum Gasteiger partial charge on any atom is 0.276 e. The number of hydrogen-bond donors (Lipinski definition) is 1. The van der Waals surface area contributed by atoms with Gasteiger partial charge in [-0.25, -0.2) is 0 Å². The van der Waals surface area contributed by atoms with Gasteiger partial charge in [-0.2, -0.15) is 0 Å². The van der Waals surface area contributed by atoms with E-state index >= 15 is 0 Å². The lowest BCUT2D eigenvalue weighted by molar-refractivity contribution is 0.0650. The molecule has 0 aliphatic carbocycles. The second kappa shape index (κ2) is 6.27. The van der Waals surface area contributed by atoms with Crippen LogP contribution in [-0.2, 0) is 0 Å². The van der Waals surface area contributed by atoms with Crippen molar-refractivity contribution >= 4 is 5.91 Å². The van der Waals surface area contributed by atoms with Gasteiger partial charge in [-0.15, -0.1) is 0 Å². The second-order valence-electron chi connectivity index (χ2n) is 5.83. The molecule has 6 nitrogen and oxygen atoms in total. The lowest BCUT2D eigenvalue weighted by Crippen LogP contribution is -2.45. The number of carbonyl (C=O) groups excluding carboxylic acids is 1. The average Bonchev–Trinajstić information content (AvgIpc) is 3.05. The van der Waals surface area contributed by atoms with Crippen LogP contribution in [0.3, 0.4) is 0 Å². The molecule has 0 saturated carbocycles. The SMILES string of the molecule is CC(N)C1CCCN(C(=O)c2cc(-c3cccnc3)on2)C1. The number of rotatable bonds is 3. The summed E-state index contributed by atoms with van der Waals surface area (Å²) in [6.45, 7) is 3.43. The summed E-state index contributed by atoms with van der Waals surface area (Å²) in [6, 6.07) is 5.46. The number of nitrogens with zero attached hydrogens (tertiary/aromatic N) is 3. The number of carbonyl (C=O) groups is 1. The summed E-state index contributed by atoms with van der Waals surface area (Å²) in [7, 11) is 0. The Kier molecular flexibility index (Phi) is 4.20. The van der Waals surface area contributed by atoms with E-state index in [0.717, 1.165) is 24.9 Å². The van der Waals surface area contributed by atoms with Crippen molar-refractivity contribution in [2.45, 2.75) is 25.8 Å². The van der Waals surface area contributed by atoms with Gasteiger partial charge in [0.25, 0.3) is 5.91 Å². The summed E-state index contributed by atoms with van der Waals surface area (Å²) in [5.74, 6) is 0.809. The predicted octanol–water partition coefficient (Wildman–Crippen LogP) is 1.94. The van der Waals surface area contributed by atoms with Crippen LogP contribution in [-0.4, -0.2) is 40.1 Å². The van der Waals surface area contributed by atoms with Crippen molar-refractivity contribution in [1.29, 1.82) is 0 Å². The van der Waals surface area contributed by atoms with Crippen LogP contribution in [0.2, 0.25) is 0 Å². The van der Waals surface area contributed by atoms with Gasteiger partial charge in [0.15, 0.2) is 11.5 Å². The van der Waals surface area contributed by atoms with Crippen molar-refractivity contribution in [3.8, 4) is 11.3 Å². The van der Waals surface area contributed by atoms with Crippen molar-refractivity contribution in [3.63, 3.8) is 0 Å². The zero-order valence-electron chi connectivity index (χ0n) is 12.6. The number of likely N-dealkylation sites (tertiary alicyclic amines) is 1. The van der Waals surface area contributed by atoms with Gasteiger partial charge in [-0.1, -0.05) is 5.16 Å². The molecule has 22 heavy (non-hydrogen) atoms. The maximum atomic E-state index is 12.6. The quantitative estimate of drug-likeness (QED) is 0.936. The molecule has 116 valence electrons. The molecule has 1 amide bonds. The highest BCUT2D eigenvalue weighted by atomic mass is 16.5. The highest BCUT2D eigenvalue weighted by molar-refractivity contribution is 5.93. The summed E-state index contributed by atoms with van der Waals surface area (Å²) in [6.07, 6.45) is 5.42. The van der Waals surface area contributed by atoms with E-state index in [1.807, 2.05) is 24.0 Å². The summed E-state index contributed by atoms with van der Waals surface area (Å²) in [5.41, 5.74) is 7.11. The fourth-order valence-corrected chi connectivity index (χ4v) is 2.81. The minimum absolute atomic E-state index is 0.0933. The van der Waals surface area contributed by atoms with Gasteiger partial charge in [0, 0.05) is 43.2 Å². The molecule has 2 aromatic rings. The zero-order chi connectivity index (χ0) is 15.5. The van der Waals surface area contributed by atoms with Gasteiger partial charge in [0.2, 0.25) is 0 Å². The Hall–Kier alpha value is -2.21. The number of amides is 1. The summed E-state index contributed by atoms with van der Waals surface area (Å²) >= 11 is 0. The Morgan fingerprint density at radius 3 is 3.14 bits per heavy atom. The molecule has 2 N–H and O–H groups in total. The van der Waals surface area contributed by atoms with Gasteiger partial charge in [0.05, 0.1) is 0 Å². The predicted molar refractivity (Wildman–Crippen MR) is 82.0 cm³/mol. The number of pyridine rings is 1. The Labute approximate surface area is 129 Å². The molecule has 1 saturated heterocycles. The first-order valence-electron chi connectivity index (χ1n) is 7.57. The van der Waals surface area contributed by atoms with Crippen molar-refractivity contribution in [2.75, 3.05) is 13.1 Å². The molecule has 1 aliphatic rings. The monoisotopic (exact) mass is 300 g/mol. The average molecular weight is 300 g/mol. The van der Waals surface area contributed by atoms with Crippen molar-refractivity contribution in [1.82, 2.24) is 15.0 Å². The topological polar surface area (TPSA) is 85.2 Å². The first-order chi connectivity index (χ1) is 10.6.